The quantitative estimate of drug-likeness (QED) is 0.487. The third-order valence-corrected chi connectivity index (χ3v) is 5.82. The summed E-state index contributed by atoms with van der Waals surface area (Å²) in [6.45, 7) is 3.08. The molecule has 34 heavy (non-hydrogen) atoms. The van der Waals surface area contributed by atoms with Crippen LogP contribution in [0.25, 0.3) is 17.1 Å². The highest BCUT2D eigenvalue weighted by Gasteiger charge is 2.41. The molecule has 0 amide bonds. The lowest BCUT2D eigenvalue weighted by atomic mass is 9.89. The lowest BCUT2D eigenvalue weighted by molar-refractivity contribution is -0.121. The van der Waals surface area contributed by atoms with Crippen molar-refractivity contribution >= 4 is 17.2 Å². The van der Waals surface area contributed by atoms with Crippen molar-refractivity contribution in [3.05, 3.63) is 77.4 Å². The topological polar surface area (TPSA) is 131 Å². The first-order chi connectivity index (χ1) is 16.1. The smallest absolute Gasteiger partial charge is 0.187 e. The molecule has 0 unspecified atom stereocenters. The van der Waals surface area contributed by atoms with Crippen molar-refractivity contribution in [2.45, 2.75) is 38.1 Å². The molecule has 176 valence electrons. The number of aromatic nitrogens is 3. The monoisotopic (exact) mass is 468 g/mol. The zero-order valence-electron chi connectivity index (χ0n) is 18.4. The van der Waals surface area contributed by atoms with Crippen molar-refractivity contribution in [2.75, 3.05) is 5.73 Å². The lowest BCUT2D eigenvalue weighted by Gasteiger charge is -2.38. The van der Waals surface area contributed by atoms with Gasteiger partial charge in [0.05, 0.1) is 17.4 Å². The van der Waals surface area contributed by atoms with Gasteiger partial charge in [-0.1, -0.05) is 6.07 Å². The van der Waals surface area contributed by atoms with Crippen molar-refractivity contribution in [1.29, 1.82) is 0 Å². The Morgan fingerprint density at radius 3 is 2.62 bits per heavy atom. The Morgan fingerprint density at radius 1 is 1.24 bits per heavy atom. The Kier molecular flexibility index (Phi) is 6.11. The molecular formula is C24H22F2N4O4. The molecule has 1 aliphatic heterocycles. The molecule has 8 nitrogen and oxygen atoms in total. The molecule has 4 N–H and O–H groups in total. The number of ketones is 1. The van der Waals surface area contributed by atoms with Gasteiger partial charge in [0.1, 0.15) is 40.9 Å². The van der Waals surface area contributed by atoms with E-state index in [0.29, 0.717) is 11.1 Å². The van der Waals surface area contributed by atoms with Crippen LogP contribution >= 0.6 is 0 Å². The molecule has 3 aromatic rings. The molecule has 10 heteroatoms. The first-order valence-corrected chi connectivity index (χ1v) is 10.4. The molecule has 3 atom stereocenters. The van der Waals surface area contributed by atoms with E-state index >= 15 is 0 Å². The number of nitrogen functional groups attached to an aromatic ring is 1. The molecule has 3 heterocycles. The van der Waals surface area contributed by atoms with Crippen LogP contribution in [0.5, 0.6) is 0 Å². The Bertz CT molecular complexity index is 1280. The second-order valence-corrected chi connectivity index (χ2v) is 8.19. The van der Waals surface area contributed by atoms with Crippen molar-refractivity contribution in [3.63, 3.8) is 0 Å². The number of carbonyl (C=O) groups is 1. The molecule has 1 aromatic carbocycles. The zero-order chi connectivity index (χ0) is 24.6. The highest BCUT2D eigenvalue weighted by molar-refractivity contribution is 6.00. The summed E-state index contributed by atoms with van der Waals surface area (Å²) in [6, 6.07) is 4.94. The van der Waals surface area contributed by atoms with Gasteiger partial charge >= 0.3 is 0 Å². The average Bonchev–Trinajstić information content (AvgIpc) is 2.78. The van der Waals surface area contributed by atoms with Crippen molar-refractivity contribution in [2.24, 2.45) is 0 Å². The Hall–Kier alpha value is -3.76. The number of pyridine rings is 1. The van der Waals surface area contributed by atoms with Gasteiger partial charge in [-0.25, -0.2) is 18.7 Å². The van der Waals surface area contributed by atoms with E-state index in [1.165, 1.54) is 31.5 Å². The van der Waals surface area contributed by atoms with Crippen LogP contribution in [0.4, 0.5) is 14.5 Å². The minimum absolute atomic E-state index is 0.0517. The number of ether oxygens (including phenoxy) is 1. The van der Waals surface area contributed by atoms with E-state index < -0.39 is 40.8 Å². The van der Waals surface area contributed by atoms with E-state index in [9.17, 15) is 23.8 Å². The summed E-state index contributed by atoms with van der Waals surface area (Å²) >= 11 is 0. The molecule has 0 aliphatic carbocycles. The maximum absolute atomic E-state index is 14.2. The number of aliphatic hydroxyl groups is 2. The number of aliphatic hydroxyl groups excluding tert-OH is 1. The number of halogens is 2. The summed E-state index contributed by atoms with van der Waals surface area (Å²) in [6.07, 6.45) is 3.30. The van der Waals surface area contributed by atoms with Crippen LogP contribution in [0.15, 0.2) is 48.9 Å². The van der Waals surface area contributed by atoms with Gasteiger partial charge in [0.2, 0.25) is 0 Å². The molecule has 4 rings (SSSR count). The largest absolute Gasteiger partial charge is 0.487 e. The van der Waals surface area contributed by atoms with Crippen LogP contribution in [0, 0.1) is 11.6 Å². The predicted octanol–water partition coefficient (Wildman–Crippen LogP) is 2.70. The summed E-state index contributed by atoms with van der Waals surface area (Å²) in [4.78, 5) is 25.1. The molecule has 1 aliphatic rings. The standard InChI is InChI=1S/C24H22F2N4O4/c1-12-24(2,33)20(32)9-19(34-12)14-6-7-28-10-13(14)8-18(31)22-17(27)11-29-23(30-22)21-15(25)4-3-5-16(21)26/h3-7,9-12,20,32-33H,8,27H2,1-2H3/t12-,20-,24-/m1/s1. The number of Topliss-reactive ketones (excluding diaryl/α,β-unsaturated/α-hetero) is 1. The van der Waals surface area contributed by atoms with Crippen LogP contribution in [0.1, 0.15) is 35.5 Å². The van der Waals surface area contributed by atoms with Gasteiger partial charge in [-0.3, -0.25) is 9.78 Å². The Balaban J connectivity index is 1.68. The molecule has 0 saturated carbocycles. The minimum Gasteiger partial charge on any atom is -0.487 e. The normalized spacial score (nSPS) is 22.1. The van der Waals surface area contributed by atoms with E-state index in [-0.39, 0.29) is 29.4 Å². The molecule has 0 fully saturated rings. The van der Waals surface area contributed by atoms with Crippen LogP contribution in [-0.4, -0.2) is 48.8 Å². The summed E-state index contributed by atoms with van der Waals surface area (Å²) in [5.74, 6) is -2.31. The number of hydrogen-bond donors (Lipinski definition) is 3. The van der Waals surface area contributed by atoms with Gasteiger partial charge in [0.25, 0.3) is 0 Å². The summed E-state index contributed by atoms with van der Waals surface area (Å²) < 4.78 is 34.2. The average molecular weight is 468 g/mol. The lowest BCUT2D eigenvalue weighted by Crippen LogP contribution is -2.51. The SMILES string of the molecule is C[C@H]1OC(c2ccncc2CC(=O)c2nc(-c3c(F)cccc3F)ncc2N)=C[C@@H](O)[C@]1(C)O. The Morgan fingerprint density at radius 2 is 1.94 bits per heavy atom. The van der Waals surface area contributed by atoms with Crippen LogP contribution in [0.2, 0.25) is 0 Å². The summed E-state index contributed by atoms with van der Waals surface area (Å²) in [7, 11) is 0. The van der Waals surface area contributed by atoms with E-state index in [1.807, 2.05) is 0 Å². The number of anilines is 1. The van der Waals surface area contributed by atoms with E-state index in [0.717, 1.165) is 18.3 Å². The van der Waals surface area contributed by atoms with E-state index in [1.54, 1.807) is 13.0 Å². The second-order valence-electron chi connectivity index (χ2n) is 8.19. The van der Waals surface area contributed by atoms with Crippen LogP contribution in [0.3, 0.4) is 0 Å². The van der Waals surface area contributed by atoms with Crippen LogP contribution < -0.4 is 5.73 Å². The molecule has 0 radical (unpaired) electrons. The highest BCUT2D eigenvalue weighted by atomic mass is 19.1. The van der Waals surface area contributed by atoms with Gasteiger partial charge in [-0.2, -0.15) is 0 Å². The second kappa shape index (κ2) is 8.88. The number of benzene rings is 1. The zero-order valence-corrected chi connectivity index (χ0v) is 18.4. The number of rotatable bonds is 5. The van der Waals surface area contributed by atoms with Gasteiger partial charge < -0.3 is 20.7 Å². The van der Waals surface area contributed by atoms with E-state index in [2.05, 4.69) is 15.0 Å². The minimum atomic E-state index is -1.49. The van der Waals surface area contributed by atoms with Crippen molar-refractivity contribution < 1.29 is 28.5 Å². The molecule has 0 bridgehead atoms. The summed E-state index contributed by atoms with van der Waals surface area (Å²) in [5, 5.41) is 20.7. The van der Waals surface area contributed by atoms with Crippen molar-refractivity contribution in [3.8, 4) is 11.4 Å². The summed E-state index contributed by atoms with van der Waals surface area (Å²) in [5.41, 5.74) is 4.63. The number of nitrogens with two attached hydrogens (primary N) is 1. The van der Waals surface area contributed by atoms with Gasteiger partial charge in [-0.15, -0.1) is 0 Å². The van der Waals surface area contributed by atoms with Gasteiger partial charge in [0.15, 0.2) is 11.6 Å². The maximum Gasteiger partial charge on any atom is 0.187 e. The third kappa shape index (κ3) is 4.25. The van der Waals surface area contributed by atoms with Crippen LogP contribution in [-0.2, 0) is 11.2 Å². The molecule has 0 spiro atoms. The number of hydrogen-bond acceptors (Lipinski definition) is 8. The molecular weight excluding hydrogens is 446 g/mol. The fourth-order valence-electron chi connectivity index (χ4n) is 3.57. The van der Waals surface area contributed by atoms with E-state index in [4.69, 9.17) is 10.5 Å². The molecule has 0 saturated heterocycles. The molecule has 2 aromatic heterocycles. The first kappa shape index (κ1) is 23.4. The predicted molar refractivity (Wildman–Crippen MR) is 119 cm³/mol. The Labute approximate surface area is 193 Å². The first-order valence-electron chi connectivity index (χ1n) is 10.4. The number of carbonyl (C=O) groups excluding carboxylic acids is 1. The van der Waals surface area contributed by atoms with Gasteiger partial charge in [0, 0.05) is 24.4 Å². The van der Waals surface area contributed by atoms with Gasteiger partial charge in [-0.05, 0) is 43.7 Å². The fourth-order valence-corrected chi connectivity index (χ4v) is 3.57. The van der Waals surface area contributed by atoms with Crippen molar-refractivity contribution in [1.82, 2.24) is 15.0 Å². The third-order valence-electron chi connectivity index (χ3n) is 5.82. The highest BCUT2D eigenvalue weighted by Crippen LogP contribution is 2.33. The fraction of sp³-hybridized carbons (Fsp3) is 0.250. The maximum atomic E-state index is 14.2. The number of nitrogens with zero attached hydrogens (tertiary/aromatic N) is 3.